The Kier molecular flexibility index (Phi) is 3.25. The summed E-state index contributed by atoms with van der Waals surface area (Å²) < 4.78 is 2.31. The molecule has 17 heavy (non-hydrogen) atoms. The van der Waals surface area contributed by atoms with Crippen LogP contribution in [-0.4, -0.2) is 10.6 Å². The lowest BCUT2D eigenvalue weighted by molar-refractivity contribution is 0.572. The molecular weight excluding hydrogens is 208 g/mol. The lowest BCUT2D eigenvalue weighted by atomic mass is 10.1. The molecule has 1 aromatic heterocycles. The van der Waals surface area contributed by atoms with Gasteiger partial charge in [0.15, 0.2) is 0 Å². The number of rotatable bonds is 3. The lowest BCUT2D eigenvalue weighted by Gasteiger charge is -2.09. The quantitative estimate of drug-likeness (QED) is 0.856. The molecular formula is C15H22N2. The van der Waals surface area contributed by atoms with Crippen molar-refractivity contribution in [2.24, 2.45) is 7.05 Å². The Hall–Kier alpha value is -1.28. The monoisotopic (exact) mass is 230 g/mol. The minimum Gasteiger partial charge on any atom is -0.346 e. The molecule has 0 saturated heterocycles. The summed E-state index contributed by atoms with van der Waals surface area (Å²) in [7, 11) is 2.15. The Morgan fingerprint density at radius 3 is 2.53 bits per heavy atom. The number of fused-ring (bicyclic) bond motifs is 1. The maximum Gasteiger partial charge on any atom is 0.0510 e. The van der Waals surface area contributed by atoms with Crippen LogP contribution >= 0.6 is 0 Å². The van der Waals surface area contributed by atoms with Gasteiger partial charge in [-0.15, -0.1) is 0 Å². The number of hydrogen-bond donors (Lipinski definition) is 1. The fraction of sp³-hybridized carbons (Fsp3) is 0.467. The Labute approximate surface area is 104 Å². The second kappa shape index (κ2) is 4.53. The van der Waals surface area contributed by atoms with E-state index in [1.54, 1.807) is 0 Å². The van der Waals surface area contributed by atoms with E-state index in [0.717, 1.165) is 6.54 Å². The smallest absolute Gasteiger partial charge is 0.0510 e. The largest absolute Gasteiger partial charge is 0.346 e. The summed E-state index contributed by atoms with van der Waals surface area (Å²) in [5, 5.41) is 4.83. The van der Waals surface area contributed by atoms with Crippen molar-refractivity contribution in [1.82, 2.24) is 9.88 Å². The fourth-order valence-corrected chi connectivity index (χ4v) is 2.46. The summed E-state index contributed by atoms with van der Waals surface area (Å²) in [6.07, 6.45) is 0. The van der Waals surface area contributed by atoms with Gasteiger partial charge in [0.2, 0.25) is 0 Å². The number of hydrogen-bond acceptors (Lipinski definition) is 1. The highest BCUT2D eigenvalue weighted by atomic mass is 15.0. The fourth-order valence-electron chi connectivity index (χ4n) is 2.46. The van der Waals surface area contributed by atoms with Crippen LogP contribution in [0.2, 0.25) is 0 Å². The summed E-state index contributed by atoms with van der Waals surface area (Å²) in [6, 6.07) is 7.34. The van der Waals surface area contributed by atoms with Gasteiger partial charge in [-0.05, 0) is 31.5 Å². The first kappa shape index (κ1) is 12.2. The summed E-state index contributed by atoms with van der Waals surface area (Å²) in [5.41, 5.74) is 5.40. The molecule has 92 valence electrons. The Morgan fingerprint density at radius 2 is 1.88 bits per heavy atom. The highest BCUT2D eigenvalue weighted by Crippen LogP contribution is 2.23. The van der Waals surface area contributed by atoms with Gasteiger partial charge in [-0.1, -0.05) is 25.5 Å². The summed E-state index contributed by atoms with van der Waals surface area (Å²) in [6.45, 7) is 9.64. The van der Waals surface area contributed by atoms with Crippen molar-refractivity contribution >= 4 is 10.9 Å². The third-order valence-electron chi connectivity index (χ3n) is 3.25. The van der Waals surface area contributed by atoms with Gasteiger partial charge in [0.1, 0.15) is 0 Å². The van der Waals surface area contributed by atoms with E-state index in [1.807, 2.05) is 0 Å². The standard InChI is InChI=1S/C15H22N2/c1-10(2)16-9-14-8-13-7-11(3)6-12(4)15(13)17(14)5/h6-8,10,16H,9H2,1-5H3. The first-order valence-corrected chi connectivity index (χ1v) is 6.28. The lowest BCUT2D eigenvalue weighted by Crippen LogP contribution is -2.23. The van der Waals surface area contributed by atoms with Crippen LogP contribution in [-0.2, 0) is 13.6 Å². The second-order valence-electron chi connectivity index (χ2n) is 5.25. The van der Waals surface area contributed by atoms with Gasteiger partial charge >= 0.3 is 0 Å². The van der Waals surface area contributed by atoms with E-state index >= 15 is 0 Å². The molecule has 0 fully saturated rings. The number of benzene rings is 1. The van der Waals surface area contributed by atoms with Crippen LogP contribution in [0.15, 0.2) is 18.2 Å². The number of aromatic nitrogens is 1. The van der Waals surface area contributed by atoms with Crippen molar-refractivity contribution in [1.29, 1.82) is 0 Å². The molecule has 0 unspecified atom stereocenters. The Bertz CT molecular complexity index is 535. The van der Waals surface area contributed by atoms with Gasteiger partial charge < -0.3 is 9.88 Å². The molecule has 1 aromatic carbocycles. The van der Waals surface area contributed by atoms with E-state index in [0.29, 0.717) is 6.04 Å². The molecule has 0 aliphatic rings. The molecule has 0 aliphatic heterocycles. The predicted molar refractivity (Wildman–Crippen MR) is 74.4 cm³/mol. The molecule has 1 N–H and O–H groups in total. The van der Waals surface area contributed by atoms with Crippen molar-refractivity contribution in [3.8, 4) is 0 Å². The van der Waals surface area contributed by atoms with Gasteiger partial charge in [-0.25, -0.2) is 0 Å². The zero-order chi connectivity index (χ0) is 12.6. The van der Waals surface area contributed by atoms with Crippen LogP contribution in [0.5, 0.6) is 0 Å². The van der Waals surface area contributed by atoms with Crippen LogP contribution in [0.3, 0.4) is 0 Å². The minimum absolute atomic E-state index is 0.524. The average molecular weight is 230 g/mol. The van der Waals surface area contributed by atoms with Crippen molar-refractivity contribution in [2.75, 3.05) is 0 Å². The zero-order valence-electron chi connectivity index (χ0n) is 11.5. The maximum atomic E-state index is 3.48. The van der Waals surface area contributed by atoms with E-state index < -0.39 is 0 Å². The van der Waals surface area contributed by atoms with Gasteiger partial charge in [0.25, 0.3) is 0 Å². The average Bonchev–Trinajstić information content (AvgIpc) is 2.52. The normalized spacial score (nSPS) is 11.6. The van der Waals surface area contributed by atoms with Gasteiger partial charge in [-0.2, -0.15) is 0 Å². The van der Waals surface area contributed by atoms with Crippen molar-refractivity contribution < 1.29 is 0 Å². The van der Waals surface area contributed by atoms with Crippen LogP contribution in [0, 0.1) is 13.8 Å². The molecule has 2 nitrogen and oxygen atoms in total. The molecule has 0 bridgehead atoms. The van der Waals surface area contributed by atoms with Crippen molar-refractivity contribution in [2.45, 2.75) is 40.3 Å². The molecule has 2 heteroatoms. The first-order valence-electron chi connectivity index (χ1n) is 6.28. The summed E-state index contributed by atoms with van der Waals surface area (Å²) in [5.74, 6) is 0. The predicted octanol–water partition coefficient (Wildman–Crippen LogP) is 3.29. The van der Waals surface area contributed by atoms with Crippen LogP contribution < -0.4 is 5.32 Å². The van der Waals surface area contributed by atoms with E-state index in [4.69, 9.17) is 0 Å². The number of nitrogens with zero attached hydrogens (tertiary/aromatic N) is 1. The topological polar surface area (TPSA) is 17.0 Å². The van der Waals surface area contributed by atoms with Crippen LogP contribution in [0.1, 0.15) is 30.7 Å². The van der Waals surface area contributed by atoms with E-state index in [2.05, 4.69) is 62.8 Å². The molecule has 2 aromatic rings. The maximum absolute atomic E-state index is 3.48. The molecule has 0 aliphatic carbocycles. The van der Waals surface area contributed by atoms with E-state index in [9.17, 15) is 0 Å². The molecule has 0 atom stereocenters. The van der Waals surface area contributed by atoms with Crippen LogP contribution in [0.4, 0.5) is 0 Å². The molecule has 0 amide bonds. The van der Waals surface area contributed by atoms with Crippen LogP contribution in [0.25, 0.3) is 10.9 Å². The minimum atomic E-state index is 0.524. The van der Waals surface area contributed by atoms with Gasteiger partial charge in [0.05, 0.1) is 5.52 Å². The van der Waals surface area contributed by atoms with E-state index in [1.165, 1.54) is 27.7 Å². The highest BCUT2D eigenvalue weighted by Gasteiger charge is 2.08. The summed E-state index contributed by atoms with van der Waals surface area (Å²) >= 11 is 0. The third kappa shape index (κ3) is 2.37. The second-order valence-corrected chi connectivity index (χ2v) is 5.25. The van der Waals surface area contributed by atoms with Crippen molar-refractivity contribution in [3.63, 3.8) is 0 Å². The van der Waals surface area contributed by atoms with Gasteiger partial charge in [-0.3, -0.25) is 0 Å². The number of nitrogens with one attached hydrogen (secondary N) is 1. The van der Waals surface area contributed by atoms with Crippen molar-refractivity contribution in [3.05, 3.63) is 35.0 Å². The SMILES string of the molecule is Cc1cc(C)c2c(c1)cc(CNC(C)C)n2C. The third-order valence-corrected chi connectivity index (χ3v) is 3.25. The van der Waals surface area contributed by atoms with E-state index in [-0.39, 0.29) is 0 Å². The Balaban J connectivity index is 2.45. The number of aryl methyl sites for hydroxylation is 3. The molecule has 0 saturated carbocycles. The highest BCUT2D eigenvalue weighted by molar-refractivity contribution is 5.85. The zero-order valence-corrected chi connectivity index (χ0v) is 11.5. The Morgan fingerprint density at radius 1 is 1.18 bits per heavy atom. The molecule has 2 rings (SSSR count). The molecule has 0 spiro atoms. The first-order chi connectivity index (χ1) is 7.99. The summed E-state index contributed by atoms with van der Waals surface area (Å²) in [4.78, 5) is 0. The molecule has 0 radical (unpaired) electrons. The molecule has 1 heterocycles. The van der Waals surface area contributed by atoms with Gasteiger partial charge in [0, 0.05) is 30.7 Å².